The lowest BCUT2D eigenvalue weighted by molar-refractivity contribution is 0.0995. The maximum atomic E-state index is 13.9. The van der Waals surface area contributed by atoms with Crippen molar-refractivity contribution in [3.63, 3.8) is 0 Å². The van der Waals surface area contributed by atoms with Crippen LogP contribution >= 0.6 is 0 Å². The summed E-state index contributed by atoms with van der Waals surface area (Å²) in [5.41, 5.74) is 6.79. The van der Waals surface area contributed by atoms with Gasteiger partial charge in [0.2, 0.25) is 0 Å². The molecule has 0 saturated heterocycles. The number of benzene rings is 2. The van der Waals surface area contributed by atoms with Crippen LogP contribution in [0.15, 0.2) is 48.7 Å². The molecule has 1 heterocycles. The number of ether oxygens (including phenoxy) is 2. The van der Waals surface area contributed by atoms with E-state index in [4.69, 9.17) is 15.2 Å². The minimum Gasteiger partial charge on any atom is -0.493 e. The molecule has 24 heavy (non-hydrogen) atoms. The Kier molecular flexibility index (Phi) is 4.29. The van der Waals surface area contributed by atoms with Crippen LogP contribution in [0.5, 0.6) is 11.5 Å². The number of halogens is 1. The van der Waals surface area contributed by atoms with Crippen molar-refractivity contribution in [2.24, 2.45) is 5.73 Å². The summed E-state index contributed by atoms with van der Waals surface area (Å²) in [6.07, 6.45) is 1.59. The number of fused-ring (bicyclic) bond motifs is 1. The Morgan fingerprint density at radius 2 is 2.04 bits per heavy atom. The molecule has 0 aliphatic heterocycles. The second-order valence-electron chi connectivity index (χ2n) is 5.10. The molecule has 3 rings (SSSR count). The normalized spacial score (nSPS) is 10.6. The maximum absolute atomic E-state index is 13.9. The SMILES string of the molecule is COc1cccc(C(N)=O)c1OCc1ccc(F)c2cccnc12. The number of rotatable bonds is 5. The zero-order chi connectivity index (χ0) is 17.1. The highest BCUT2D eigenvalue weighted by atomic mass is 19.1. The zero-order valence-corrected chi connectivity index (χ0v) is 13.0. The molecular formula is C18H15FN2O3. The third kappa shape index (κ3) is 2.86. The fourth-order valence-corrected chi connectivity index (χ4v) is 2.48. The van der Waals surface area contributed by atoms with Crippen molar-refractivity contribution in [1.82, 2.24) is 4.98 Å². The number of carbonyl (C=O) groups excluding carboxylic acids is 1. The van der Waals surface area contributed by atoms with E-state index in [1.165, 1.54) is 13.2 Å². The van der Waals surface area contributed by atoms with Crippen molar-refractivity contribution in [2.45, 2.75) is 6.61 Å². The lowest BCUT2D eigenvalue weighted by Crippen LogP contribution is -2.13. The molecule has 2 aromatic carbocycles. The van der Waals surface area contributed by atoms with Crippen molar-refractivity contribution in [3.8, 4) is 11.5 Å². The van der Waals surface area contributed by atoms with E-state index >= 15 is 0 Å². The zero-order valence-electron chi connectivity index (χ0n) is 13.0. The number of nitrogens with zero attached hydrogens (tertiary/aromatic N) is 1. The number of amides is 1. The third-order valence-electron chi connectivity index (χ3n) is 3.64. The molecule has 3 aromatic rings. The first-order valence-electron chi connectivity index (χ1n) is 7.23. The second kappa shape index (κ2) is 6.54. The van der Waals surface area contributed by atoms with Gasteiger partial charge in [0.25, 0.3) is 5.91 Å². The number of para-hydroxylation sites is 1. The van der Waals surface area contributed by atoms with Crippen molar-refractivity contribution in [3.05, 3.63) is 65.6 Å². The highest BCUT2D eigenvalue weighted by Crippen LogP contribution is 2.32. The Bertz CT molecular complexity index is 912. The molecule has 1 amide bonds. The molecule has 5 nitrogen and oxygen atoms in total. The van der Waals surface area contributed by atoms with Gasteiger partial charge in [-0.2, -0.15) is 0 Å². The quantitative estimate of drug-likeness (QED) is 0.782. The molecule has 0 saturated carbocycles. The minimum absolute atomic E-state index is 0.0917. The third-order valence-corrected chi connectivity index (χ3v) is 3.64. The number of primary amides is 1. The van der Waals surface area contributed by atoms with E-state index in [2.05, 4.69) is 4.98 Å². The molecule has 0 aliphatic rings. The van der Waals surface area contributed by atoms with Gasteiger partial charge in [0.05, 0.1) is 18.2 Å². The van der Waals surface area contributed by atoms with Gasteiger partial charge in [-0.15, -0.1) is 0 Å². The van der Waals surface area contributed by atoms with Crippen LogP contribution in [0.1, 0.15) is 15.9 Å². The molecule has 0 unspecified atom stereocenters. The Morgan fingerprint density at radius 3 is 2.79 bits per heavy atom. The summed E-state index contributed by atoms with van der Waals surface area (Å²) in [5.74, 6) is -0.325. The highest BCUT2D eigenvalue weighted by Gasteiger charge is 2.16. The number of hydrogen-bond donors (Lipinski definition) is 1. The summed E-state index contributed by atoms with van der Waals surface area (Å²) < 4.78 is 24.8. The number of nitrogens with two attached hydrogens (primary N) is 1. The van der Waals surface area contributed by atoms with Gasteiger partial charge < -0.3 is 15.2 Å². The van der Waals surface area contributed by atoms with Crippen molar-refractivity contribution in [2.75, 3.05) is 7.11 Å². The molecule has 1 aromatic heterocycles. The number of aromatic nitrogens is 1. The first kappa shape index (κ1) is 15.7. The topological polar surface area (TPSA) is 74.4 Å². The summed E-state index contributed by atoms with van der Waals surface area (Å²) in [4.78, 5) is 15.8. The molecule has 0 radical (unpaired) electrons. The average molecular weight is 326 g/mol. The maximum Gasteiger partial charge on any atom is 0.252 e. The smallest absolute Gasteiger partial charge is 0.252 e. The monoisotopic (exact) mass is 326 g/mol. The van der Waals surface area contributed by atoms with Crippen molar-refractivity contribution in [1.29, 1.82) is 0 Å². The number of hydrogen-bond acceptors (Lipinski definition) is 4. The largest absolute Gasteiger partial charge is 0.493 e. The van der Waals surface area contributed by atoms with Crippen molar-refractivity contribution >= 4 is 16.8 Å². The average Bonchev–Trinajstić information content (AvgIpc) is 2.61. The number of carbonyl (C=O) groups is 1. The van der Waals surface area contributed by atoms with Gasteiger partial charge in [0, 0.05) is 17.1 Å². The number of methoxy groups -OCH3 is 1. The van der Waals surface area contributed by atoms with Crippen LogP contribution in [0.2, 0.25) is 0 Å². The summed E-state index contributed by atoms with van der Waals surface area (Å²) in [6.45, 7) is 0.0917. The van der Waals surface area contributed by atoms with Crippen LogP contribution in [0.3, 0.4) is 0 Å². The minimum atomic E-state index is -0.619. The first-order valence-corrected chi connectivity index (χ1v) is 7.23. The van der Waals surface area contributed by atoms with E-state index in [9.17, 15) is 9.18 Å². The summed E-state index contributed by atoms with van der Waals surface area (Å²) >= 11 is 0. The van der Waals surface area contributed by atoms with Gasteiger partial charge in [-0.25, -0.2) is 4.39 Å². The van der Waals surface area contributed by atoms with E-state index in [-0.39, 0.29) is 23.7 Å². The molecule has 0 spiro atoms. The number of pyridine rings is 1. The van der Waals surface area contributed by atoms with Gasteiger partial charge >= 0.3 is 0 Å². The predicted octanol–water partition coefficient (Wildman–Crippen LogP) is 3.06. The van der Waals surface area contributed by atoms with Gasteiger partial charge in [-0.3, -0.25) is 9.78 Å². The van der Waals surface area contributed by atoms with Gasteiger partial charge in [-0.05, 0) is 30.3 Å². The molecular weight excluding hydrogens is 311 g/mol. The van der Waals surface area contributed by atoms with E-state index in [0.717, 1.165) is 0 Å². The standard InChI is InChI=1S/C18H15FN2O3/c1-23-15-6-2-4-13(18(20)22)17(15)24-10-11-7-8-14(19)12-5-3-9-21-16(11)12/h2-9H,10H2,1H3,(H2,20,22). The van der Waals surface area contributed by atoms with Crippen LogP contribution in [-0.4, -0.2) is 18.0 Å². The Hall–Kier alpha value is -3.15. The Labute approximate surface area is 137 Å². The van der Waals surface area contributed by atoms with E-state index in [1.54, 1.807) is 42.6 Å². The molecule has 122 valence electrons. The van der Waals surface area contributed by atoms with Gasteiger partial charge in [0.15, 0.2) is 11.5 Å². The Balaban J connectivity index is 1.98. The molecule has 0 bridgehead atoms. The lowest BCUT2D eigenvalue weighted by Gasteiger charge is -2.14. The second-order valence-corrected chi connectivity index (χ2v) is 5.10. The fourth-order valence-electron chi connectivity index (χ4n) is 2.48. The van der Waals surface area contributed by atoms with E-state index < -0.39 is 5.91 Å². The van der Waals surface area contributed by atoms with E-state index in [0.29, 0.717) is 22.2 Å². The summed E-state index contributed by atoms with van der Waals surface area (Å²) in [5, 5.41) is 0.411. The van der Waals surface area contributed by atoms with Crippen LogP contribution in [0.4, 0.5) is 4.39 Å². The molecule has 0 aliphatic carbocycles. The first-order chi connectivity index (χ1) is 11.6. The lowest BCUT2D eigenvalue weighted by atomic mass is 10.1. The van der Waals surface area contributed by atoms with Crippen molar-refractivity contribution < 1.29 is 18.7 Å². The summed E-state index contributed by atoms with van der Waals surface area (Å²) in [6, 6.07) is 11.2. The van der Waals surface area contributed by atoms with Crippen LogP contribution < -0.4 is 15.2 Å². The predicted molar refractivity (Wildman–Crippen MR) is 87.5 cm³/mol. The Morgan fingerprint density at radius 1 is 1.21 bits per heavy atom. The summed E-state index contributed by atoms with van der Waals surface area (Å²) in [7, 11) is 1.47. The van der Waals surface area contributed by atoms with Crippen LogP contribution in [0, 0.1) is 5.82 Å². The van der Waals surface area contributed by atoms with Gasteiger partial charge in [-0.1, -0.05) is 12.1 Å². The fraction of sp³-hybridized carbons (Fsp3) is 0.111. The molecule has 0 atom stereocenters. The van der Waals surface area contributed by atoms with Crippen LogP contribution in [0.25, 0.3) is 10.9 Å². The molecule has 6 heteroatoms. The van der Waals surface area contributed by atoms with Crippen LogP contribution in [-0.2, 0) is 6.61 Å². The highest BCUT2D eigenvalue weighted by molar-refractivity contribution is 5.96. The van der Waals surface area contributed by atoms with E-state index in [1.807, 2.05) is 0 Å². The molecule has 0 fully saturated rings. The molecule has 2 N–H and O–H groups in total. The van der Waals surface area contributed by atoms with Gasteiger partial charge in [0.1, 0.15) is 12.4 Å².